The van der Waals surface area contributed by atoms with E-state index in [0.717, 1.165) is 17.8 Å². The van der Waals surface area contributed by atoms with Crippen molar-refractivity contribution in [1.29, 1.82) is 0 Å². The van der Waals surface area contributed by atoms with E-state index in [9.17, 15) is 23.6 Å². The van der Waals surface area contributed by atoms with Gasteiger partial charge in [-0.25, -0.2) is 4.83 Å². The topological polar surface area (TPSA) is 131 Å². The molecule has 150 valence electrons. The summed E-state index contributed by atoms with van der Waals surface area (Å²) in [6.07, 6.45) is 1.08. The van der Waals surface area contributed by atoms with Gasteiger partial charge >= 0.3 is 5.69 Å². The van der Waals surface area contributed by atoms with Gasteiger partial charge in [0, 0.05) is 11.6 Å². The number of hydrogen-bond acceptors (Lipinski definition) is 7. The minimum Gasteiger partial charge on any atom is -0.500 e. The number of nitrogens with one attached hydrogen (secondary N) is 1. The predicted octanol–water partition coefficient (Wildman–Crippen LogP) is 2.92. The molecule has 0 aliphatic carbocycles. The van der Waals surface area contributed by atoms with Crippen molar-refractivity contribution in [3.8, 4) is 11.5 Å². The number of phenols is 1. The fourth-order valence-corrected chi connectivity index (χ4v) is 3.13. The van der Waals surface area contributed by atoms with Gasteiger partial charge in [0.05, 0.1) is 23.1 Å². The van der Waals surface area contributed by atoms with E-state index in [1.54, 1.807) is 12.1 Å². The van der Waals surface area contributed by atoms with Gasteiger partial charge in [0.1, 0.15) is 0 Å². The Morgan fingerprint density at radius 1 is 1.21 bits per heavy atom. The zero-order valence-electron chi connectivity index (χ0n) is 15.8. The third-order valence-corrected chi connectivity index (χ3v) is 5.15. The summed E-state index contributed by atoms with van der Waals surface area (Å²) in [5.74, 6) is -0.750. The maximum atomic E-state index is 12.3. The second kappa shape index (κ2) is 7.85. The van der Waals surface area contributed by atoms with Crippen LogP contribution >= 0.6 is 0 Å². The minimum absolute atomic E-state index is 0.0342. The number of nitrogens with zero attached hydrogens (tertiary/aromatic N) is 2. The molecule has 0 heterocycles. The van der Waals surface area contributed by atoms with Gasteiger partial charge < -0.3 is 9.84 Å². The molecule has 0 spiro atoms. The van der Waals surface area contributed by atoms with Crippen LogP contribution in [0.5, 0.6) is 11.5 Å². The quantitative estimate of drug-likeness (QED) is 0.430. The highest BCUT2D eigenvalue weighted by Crippen LogP contribution is 2.36. The molecule has 2 aromatic carbocycles. The van der Waals surface area contributed by atoms with E-state index in [4.69, 9.17) is 4.74 Å². The van der Waals surface area contributed by atoms with Gasteiger partial charge in [0.15, 0.2) is 5.75 Å². The van der Waals surface area contributed by atoms with Crippen LogP contribution in [-0.2, 0) is 15.4 Å². The van der Waals surface area contributed by atoms with Crippen LogP contribution < -0.4 is 9.57 Å². The third kappa shape index (κ3) is 4.77. The Hall–Kier alpha value is -3.14. The molecule has 9 nitrogen and oxygen atoms in total. The summed E-state index contributed by atoms with van der Waals surface area (Å²) in [6.45, 7) is 6.05. The van der Waals surface area contributed by atoms with Crippen molar-refractivity contribution >= 4 is 21.9 Å². The molecule has 0 atom stereocenters. The largest absolute Gasteiger partial charge is 0.500 e. The standard InChI is InChI=1S/C18H21N3O6S/c1-18(2,3)13-5-7-14(8-6-13)28(25,26)20-19-11-12-9-15(21(23)24)17(22)16(10-12)27-4/h5-11,20,22H,1-4H3/b19-11+. The number of phenolic OH excluding ortho intramolecular Hbond substituents is 1. The number of rotatable bonds is 6. The van der Waals surface area contributed by atoms with Gasteiger partial charge in [0.25, 0.3) is 10.0 Å². The summed E-state index contributed by atoms with van der Waals surface area (Å²) in [5.41, 5.74) is 0.465. The third-order valence-electron chi connectivity index (χ3n) is 3.91. The Morgan fingerprint density at radius 2 is 1.82 bits per heavy atom. The summed E-state index contributed by atoms with van der Waals surface area (Å²) in [6, 6.07) is 8.75. The average Bonchev–Trinajstić information content (AvgIpc) is 2.61. The zero-order valence-corrected chi connectivity index (χ0v) is 16.6. The average molecular weight is 407 g/mol. The number of methoxy groups -OCH3 is 1. The molecule has 0 aliphatic heterocycles. The lowest BCUT2D eigenvalue weighted by Gasteiger charge is -2.19. The lowest BCUT2D eigenvalue weighted by Crippen LogP contribution is -2.19. The normalized spacial score (nSPS) is 12.1. The Labute approximate surface area is 162 Å². The molecule has 0 radical (unpaired) electrons. The van der Waals surface area contributed by atoms with Gasteiger partial charge in [0.2, 0.25) is 5.75 Å². The molecule has 2 rings (SSSR count). The summed E-state index contributed by atoms with van der Waals surface area (Å²) >= 11 is 0. The monoisotopic (exact) mass is 407 g/mol. The number of ether oxygens (including phenoxy) is 1. The first kappa shape index (κ1) is 21.2. The molecule has 2 aromatic rings. The minimum atomic E-state index is -3.91. The summed E-state index contributed by atoms with van der Waals surface area (Å²) < 4.78 is 29.6. The molecule has 0 saturated heterocycles. The van der Waals surface area contributed by atoms with Gasteiger partial charge in [-0.05, 0) is 29.2 Å². The second-order valence-electron chi connectivity index (χ2n) is 6.98. The SMILES string of the molecule is COc1cc(/C=N/NS(=O)(=O)c2ccc(C(C)(C)C)cc2)cc([N+](=O)[O-])c1O. The van der Waals surface area contributed by atoms with E-state index in [1.807, 2.05) is 20.8 Å². The Balaban J connectivity index is 2.24. The highest BCUT2D eigenvalue weighted by Gasteiger charge is 2.20. The van der Waals surface area contributed by atoms with Crippen LogP contribution in [-0.4, -0.2) is 31.8 Å². The zero-order chi connectivity index (χ0) is 21.1. The maximum absolute atomic E-state index is 12.3. The van der Waals surface area contributed by atoms with Crippen molar-refractivity contribution in [3.05, 3.63) is 57.6 Å². The smallest absolute Gasteiger partial charge is 0.315 e. The fraction of sp³-hybridized carbons (Fsp3) is 0.278. The molecular formula is C18H21N3O6S. The van der Waals surface area contributed by atoms with Crippen molar-refractivity contribution in [2.24, 2.45) is 5.10 Å². The number of hydrogen-bond donors (Lipinski definition) is 2. The first-order valence-corrected chi connectivity index (χ1v) is 9.65. The highest BCUT2D eigenvalue weighted by molar-refractivity contribution is 7.89. The van der Waals surface area contributed by atoms with Gasteiger partial charge in [-0.15, -0.1) is 0 Å². The number of aromatic hydroxyl groups is 1. The Kier molecular flexibility index (Phi) is 5.93. The van der Waals surface area contributed by atoms with Crippen LogP contribution in [0.1, 0.15) is 31.9 Å². The van der Waals surface area contributed by atoms with Crippen LogP contribution in [0, 0.1) is 10.1 Å². The number of nitro groups is 1. The number of nitro benzene ring substituents is 1. The van der Waals surface area contributed by atoms with Crippen molar-refractivity contribution in [1.82, 2.24) is 4.83 Å². The van der Waals surface area contributed by atoms with Crippen molar-refractivity contribution in [3.63, 3.8) is 0 Å². The van der Waals surface area contributed by atoms with Gasteiger partial charge in [-0.1, -0.05) is 32.9 Å². The van der Waals surface area contributed by atoms with Crippen LogP contribution in [0.3, 0.4) is 0 Å². The molecule has 0 fully saturated rings. The molecular weight excluding hydrogens is 386 g/mol. The molecule has 0 aromatic heterocycles. The Bertz CT molecular complexity index is 1010. The lowest BCUT2D eigenvalue weighted by atomic mass is 9.87. The van der Waals surface area contributed by atoms with Crippen LogP contribution in [0.25, 0.3) is 0 Å². The maximum Gasteiger partial charge on any atom is 0.315 e. The molecule has 10 heteroatoms. The molecule has 0 bridgehead atoms. The predicted molar refractivity (Wildman–Crippen MR) is 104 cm³/mol. The van der Waals surface area contributed by atoms with E-state index < -0.39 is 26.4 Å². The number of sulfonamides is 1. The first-order chi connectivity index (χ1) is 13.0. The van der Waals surface area contributed by atoms with Crippen LogP contribution in [0.4, 0.5) is 5.69 Å². The molecule has 0 aliphatic rings. The van der Waals surface area contributed by atoms with E-state index in [0.29, 0.717) is 0 Å². The fourth-order valence-electron chi connectivity index (χ4n) is 2.34. The molecule has 0 amide bonds. The number of benzene rings is 2. The molecule has 0 unspecified atom stereocenters. The highest BCUT2D eigenvalue weighted by atomic mass is 32.2. The number of hydrazone groups is 1. The summed E-state index contributed by atoms with van der Waals surface area (Å²) in [4.78, 5) is 12.3. The van der Waals surface area contributed by atoms with E-state index in [2.05, 4.69) is 9.93 Å². The van der Waals surface area contributed by atoms with E-state index >= 15 is 0 Å². The van der Waals surface area contributed by atoms with E-state index in [-0.39, 0.29) is 21.6 Å². The second-order valence-corrected chi connectivity index (χ2v) is 8.64. The van der Waals surface area contributed by atoms with Crippen molar-refractivity contribution < 1.29 is 23.2 Å². The Morgan fingerprint density at radius 3 is 2.32 bits per heavy atom. The van der Waals surface area contributed by atoms with Crippen molar-refractivity contribution in [2.45, 2.75) is 31.1 Å². The lowest BCUT2D eigenvalue weighted by molar-refractivity contribution is -0.386. The van der Waals surface area contributed by atoms with Crippen LogP contribution in [0.15, 0.2) is 46.4 Å². The molecule has 28 heavy (non-hydrogen) atoms. The van der Waals surface area contributed by atoms with Gasteiger partial charge in [-0.2, -0.15) is 13.5 Å². The molecule has 0 saturated carbocycles. The van der Waals surface area contributed by atoms with Gasteiger partial charge in [-0.3, -0.25) is 10.1 Å². The summed E-state index contributed by atoms with van der Waals surface area (Å²) in [5, 5.41) is 24.4. The van der Waals surface area contributed by atoms with Crippen LogP contribution in [0.2, 0.25) is 0 Å². The van der Waals surface area contributed by atoms with Crippen molar-refractivity contribution in [2.75, 3.05) is 7.11 Å². The molecule has 2 N–H and O–H groups in total. The summed E-state index contributed by atoms with van der Waals surface area (Å²) in [7, 11) is -2.67. The van der Waals surface area contributed by atoms with E-state index in [1.165, 1.54) is 25.3 Å². The first-order valence-electron chi connectivity index (χ1n) is 8.16.